The fourth-order valence-electron chi connectivity index (χ4n) is 2.25. The molecule has 0 fully saturated rings. The first-order valence-electron chi connectivity index (χ1n) is 7.53. The van der Waals surface area contributed by atoms with Gasteiger partial charge >= 0.3 is 12.1 Å². The van der Waals surface area contributed by atoms with E-state index >= 15 is 0 Å². The standard InChI is InChI=1S/C17H16F3NO4S/c1-3-25-15(23)16(24,17(18,19)20)11-6-7-12(10(2)9-11)21-14(22)13-5-4-8-26-13/h4-9,24H,3H2,1-2H3,(H,21,22). The topological polar surface area (TPSA) is 75.6 Å². The Kier molecular flexibility index (Phi) is 5.72. The minimum absolute atomic E-state index is 0.249. The van der Waals surface area contributed by atoms with E-state index in [0.717, 1.165) is 12.1 Å². The van der Waals surface area contributed by atoms with Crippen LogP contribution in [-0.2, 0) is 15.1 Å². The van der Waals surface area contributed by atoms with Crippen molar-refractivity contribution in [1.82, 2.24) is 0 Å². The summed E-state index contributed by atoms with van der Waals surface area (Å²) in [6.45, 7) is 2.48. The van der Waals surface area contributed by atoms with E-state index in [1.807, 2.05) is 0 Å². The Balaban J connectivity index is 2.37. The molecular formula is C17H16F3NO4S. The first-order chi connectivity index (χ1) is 12.1. The van der Waals surface area contributed by atoms with Gasteiger partial charge in [-0.1, -0.05) is 18.2 Å². The first-order valence-corrected chi connectivity index (χ1v) is 8.41. The molecule has 1 atom stereocenters. The molecule has 26 heavy (non-hydrogen) atoms. The van der Waals surface area contributed by atoms with Gasteiger partial charge in [0.05, 0.1) is 11.5 Å². The van der Waals surface area contributed by atoms with Crippen molar-refractivity contribution in [3.8, 4) is 0 Å². The average molecular weight is 387 g/mol. The van der Waals surface area contributed by atoms with Crippen molar-refractivity contribution in [2.24, 2.45) is 0 Å². The molecule has 0 aliphatic heterocycles. The first kappa shape index (κ1) is 19.9. The number of aliphatic hydroxyl groups is 1. The van der Waals surface area contributed by atoms with Crippen LogP contribution in [0.4, 0.5) is 18.9 Å². The molecule has 140 valence electrons. The summed E-state index contributed by atoms with van der Waals surface area (Å²) in [4.78, 5) is 24.3. The minimum Gasteiger partial charge on any atom is -0.463 e. The smallest absolute Gasteiger partial charge is 0.432 e. The van der Waals surface area contributed by atoms with Crippen LogP contribution in [0.3, 0.4) is 0 Å². The highest BCUT2D eigenvalue weighted by atomic mass is 32.1. The van der Waals surface area contributed by atoms with Gasteiger partial charge < -0.3 is 15.2 Å². The van der Waals surface area contributed by atoms with Crippen LogP contribution < -0.4 is 5.32 Å². The molecule has 0 radical (unpaired) electrons. The van der Waals surface area contributed by atoms with Gasteiger partial charge in [-0.2, -0.15) is 13.2 Å². The lowest BCUT2D eigenvalue weighted by molar-refractivity contribution is -0.267. The normalized spacial score (nSPS) is 13.8. The predicted octanol–water partition coefficient (Wildman–Crippen LogP) is 3.62. The van der Waals surface area contributed by atoms with Gasteiger partial charge in [0.25, 0.3) is 11.5 Å². The predicted molar refractivity (Wildman–Crippen MR) is 90.0 cm³/mol. The van der Waals surface area contributed by atoms with Crippen LogP contribution in [0.5, 0.6) is 0 Å². The summed E-state index contributed by atoms with van der Waals surface area (Å²) in [5.74, 6) is -2.21. The summed E-state index contributed by atoms with van der Waals surface area (Å²) in [7, 11) is 0. The number of anilines is 1. The molecule has 2 rings (SSSR count). The van der Waals surface area contributed by atoms with Gasteiger partial charge in [0, 0.05) is 11.3 Å². The zero-order chi connectivity index (χ0) is 19.5. The van der Waals surface area contributed by atoms with E-state index in [1.165, 1.54) is 31.3 Å². The molecule has 1 unspecified atom stereocenters. The number of hydrogen-bond donors (Lipinski definition) is 2. The van der Waals surface area contributed by atoms with Crippen molar-refractivity contribution in [1.29, 1.82) is 0 Å². The van der Waals surface area contributed by atoms with Crippen LogP contribution in [0, 0.1) is 6.92 Å². The van der Waals surface area contributed by atoms with Crippen LogP contribution in [0.2, 0.25) is 0 Å². The number of ether oxygens (including phenoxy) is 1. The van der Waals surface area contributed by atoms with Crippen molar-refractivity contribution in [3.05, 3.63) is 51.7 Å². The Labute approximate surface area is 151 Å². The Morgan fingerprint density at radius 2 is 1.96 bits per heavy atom. The number of esters is 1. The SMILES string of the molecule is CCOC(=O)C(O)(c1ccc(NC(=O)c2cccs2)c(C)c1)C(F)(F)F. The zero-order valence-corrected chi connectivity index (χ0v) is 14.7. The molecule has 2 N–H and O–H groups in total. The number of carbonyl (C=O) groups excluding carboxylic acids is 2. The van der Waals surface area contributed by atoms with E-state index < -0.39 is 29.2 Å². The van der Waals surface area contributed by atoms with Gasteiger partial charge in [-0.3, -0.25) is 4.79 Å². The monoisotopic (exact) mass is 387 g/mol. The van der Waals surface area contributed by atoms with E-state index in [4.69, 9.17) is 0 Å². The van der Waals surface area contributed by atoms with Crippen molar-refractivity contribution >= 4 is 28.9 Å². The Morgan fingerprint density at radius 3 is 2.46 bits per heavy atom. The van der Waals surface area contributed by atoms with Gasteiger partial charge in [0.2, 0.25) is 0 Å². The average Bonchev–Trinajstić information content (AvgIpc) is 3.09. The molecule has 1 heterocycles. The van der Waals surface area contributed by atoms with Crippen molar-refractivity contribution in [2.45, 2.75) is 25.6 Å². The molecule has 9 heteroatoms. The second-order valence-electron chi connectivity index (χ2n) is 5.39. The van der Waals surface area contributed by atoms with E-state index in [1.54, 1.807) is 17.5 Å². The molecule has 1 amide bonds. The van der Waals surface area contributed by atoms with Crippen molar-refractivity contribution in [3.63, 3.8) is 0 Å². The van der Waals surface area contributed by atoms with E-state index in [9.17, 15) is 27.9 Å². The summed E-state index contributed by atoms with van der Waals surface area (Å²) < 4.78 is 44.5. The Bertz CT molecular complexity index is 805. The van der Waals surface area contributed by atoms with Crippen molar-refractivity contribution in [2.75, 3.05) is 11.9 Å². The number of benzene rings is 1. The number of hydrogen-bond acceptors (Lipinski definition) is 5. The maximum Gasteiger partial charge on any atom is 0.432 e. The molecule has 0 spiro atoms. The summed E-state index contributed by atoms with van der Waals surface area (Å²) >= 11 is 1.21. The van der Waals surface area contributed by atoms with Gasteiger partial charge in [-0.05, 0) is 36.9 Å². The fourth-order valence-corrected chi connectivity index (χ4v) is 2.87. The number of amides is 1. The van der Waals surface area contributed by atoms with Crippen molar-refractivity contribution < 1.29 is 32.6 Å². The molecule has 0 saturated carbocycles. The van der Waals surface area contributed by atoms with E-state index in [-0.39, 0.29) is 17.9 Å². The number of carbonyl (C=O) groups is 2. The number of thiophene rings is 1. The maximum atomic E-state index is 13.4. The van der Waals surface area contributed by atoms with Gasteiger partial charge in [0.15, 0.2) is 0 Å². The highest BCUT2D eigenvalue weighted by molar-refractivity contribution is 7.12. The second-order valence-corrected chi connectivity index (χ2v) is 6.34. The Hall–Kier alpha value is -2.39. The maximum absolute atomic E-state index is 13.4. The van der Waals surface area contributed by atoms with Crippen LogP contribution >= 0.6 is 11.3 Å². The second kappa shape index (κ2) is 7.46. The number of nitrogens with one attached hydrogen (secondary N) is 1. The summed E-state index contributed by atoms with van der Waals surface area (Å²) in [6.07, 6.45) is -5.27. The highest BCUT2D eigenvalue weighted by Gasteiger charge is 2.62. The number of aryl methyl sites for hydroxylation is 1. The van der Waals surface area contributed by atoms with Crippen LogP contribution in [0.25, 0.3) is 0 Å². The molecule has 0 bridgehead atoms. The Morgan fingerprint density at radius 1 is 1.27 bits per heavy atom. The summed E-state index contributed by atoms with van der Waals surface area (Å²) in [6, 6.07) is 6.42. The lowest BCUT2D eigenvalue weighted by Gasteiger charge is -2.29. The fraction of sp³-hybridized carbons (Fsp3) is 0.294. The zero-order valence-electron chi connectivity index (χ0n) is 13.9. The lowest BCUT2D eigenvalue weighted by atomic mass is 9.91. The molecule has 1 aromatic carbocycles. The van der Waals surface area contributed by atoms with Crippen LogP contribution in [0.15, 0.2) is 35.7 Å². The molecule has 2 aromatic rings. The van der Waals surface area contributed by atoms with Crippen LogP contribution in [-0.4, -0.2) is 29.8 Å². The minimum atomic E-state index is -5.27. The third-order valence-electron chi connectivity index (χ3n) is 3.62. The highest BCUT2D eigenvalue weighted by Crippen LogP contribution is 2.41. The lowest BCUT2D eigenvalue weighted by Crippen LogP contribution is -2.50. The van der Waals surface area contributed by atoms with E-state index in [2.05, 4.69) is 10.1 Å². The largest absolute Gasteiger partial charge is 0.463 e. The van der Waals surface area contributed by atoms with Crippen LogP contribution in [0.1, 0.15) is 27.7 Å². The summed E-state index contributed by atoms with van der Waals surface area (Å²) in [5, 5.41) is 14.4. The number of alkyl halides is 3. The number of halogens is 3. The molecule has 0 aliphatic carbocycles. The van der Waals surface area contributed by atoms with Gasteiger partial charge in [0.1, 0.15) is 0 Å². The molecule has 0 aliphatic rings. The van der Waals surface area contributed by atoms with E-state index in [0.29, 0.717) is 4.88 Å². The quantitative estimate of drug-likeness (QED) is 0.769. The summed E-state index contributed by atoms with van der Waals surface area (Å²) in [5.41, 5.74) is -3.96. The molecular weight excluding hydrogens is 371 g/mol. The van der Waals surface area contributed by atoms with Gasteiger partial charge in [-0.15, -0.1) is 11.3 Å². The number of rotatable bonds is 5. The third kappa shape index (κ3) is 3.73. The molecule has 0 saturated heterocycles. The molecule has 1 aromatic heterocycles. The van der Waals surface area contributed by atoms with Gasteiger partial charge in [-0.25, -0.2) is 4.79 Å². The molecule has 5 nitrogen and oxygen atoms in total. The third-order valence-corrected chi connectivity index (χ3v) is 4.49.